The second-order valence-corrected chi connectivity index (χ2v) is 7.58. The molecule has 30 heavy (non-hydrogen) atoms. The summed E-state index contributed by atoms with van der Waals surface area (Å²) in [4.78, 5) is 9.41. The molecule has 0 aliphatic carbocycles. The summed E-state index contributed by atoms with van der Waals surface area (Å²) in [5.74, 6) is 2.92. The second kappa shape index (κ2) is 7.34. The molecule has 5 aromatic rings. The van der Waals surface area contributed by atoms with E-state index in [9.17, 15) is 0 Å². The van der Waals surface area contributed by atoms with E-state index in [0.717, 1.165) is 50.6 Å². The van der Waals surface area contributed by atoms with Gasteiger partial charge in [-0.2, -0.15) is 0 Å². The lowest BCUT2D eigenvalue weighted by Gasteiger charge is -2.16. The number of aromatic nitrogens is 4. The average molecular weight is 396 g/mol. The maximum atomic E-state index is 5.91. The summed E-state index contributed by atoms with van der Waals surface area (Å²) in [6.07, 6.45) is 0. The van der Waals surface area contributed by atoms with Crippen LogP contribution in [0.2, 0.25) is 0 Å². The van der Waals surface area contributed by atoms with Gasteiger partial charge in [-0.3, -0.25) is 0 Å². The van der Waals surface area contributed by atoms with E-state index in [0.29, 0.717) is 13.1 Å². The van der Waals surface area contributed by atoms with Crippen molar-refractivity contribution >= 4 is 22.1 Å². The number of hydrogen-bond donors (Lipinski definition) is 0. The topological polar surface area (TPSA) is 44.9 Å². The molecule has 150 valence electrons. The third-order valence-corrected chi connectivity index (χ3v) is 5.73. The first-order valence-electron chi connectivity index (χ1n) is 10.1. The number of fused-ring (bicyclic) bond motifs is 2. The van der Waals surface area contributed by atoms with E-state index in [-0.39, 0.29) is 0 Å². The van der Waals surface area contributed by atoms with Crippen molar-refractivity contribution in [3.63, 3.8) is 0 Å². The molecule has 5 heteroatoms. The number of ether oxygens (including phenoxy) is 1. The van der Waals surface area contributed by atoms with Crippen molar-refractivity contribution in [2.75, 3.05) is 7.11 Å². The van der Waals surface area contributed by atoms with Crippen LogP contribution < -0.4 is 4.74 Å². The second-order valence-electron chi connectivity index (χ2n) is 7.58. The quantitative estimate of drug-likeness (QED) is 0.415. The van der Waals surface area contributed by atoms with E-state index in [1.165, 1.54) is 0 Å². The third-order valence-electron chi connectivity index (χ3n) is 5.73. The highest BCUT2D eigenvalue weighted by Gasteiger charge is 2.15. The van der Waals surface area contributed by atoms with Gasteiger partial charge in [-0.15, -0.1) is 0 Å². The van der Waals surface area contributed by atoms with Gasteiger partial charge in [0.25, 0.3) is 0 Å². The van der Waals surface area contributed by atoms with Gasteiger partial charge in [0.1, 0.15) is 17.4 Å². The highest BCUT2D eigenvalue weighted by atomic mass is 16.5. The average Bonchev–Trinajstić information content (AvgIpc) is 3.24. The van der Waals surface area contributed by atoms with Crippen molar-refractivity contribution < 1.29 is 4.74 Å². The molecule has 0 amide bonds. The van der Waals surface area contributed by atoms with Gasteiger partial charge < -0.3 is 13.9 Å². The maximum absolute atomic E-state index is 5.91. The van der Waals surface area contributed by atoms with Gasteiger partial charge in [0.2, 0.25) is 0 Å². The van der Waals surface area contributed by atoms with E-state index in [1.807, 2.05) is 12.1 Å². The highest BCUT2D eigenvalue weighted by molar-refractivity contribution is 5.76. The normalized spacial score (nSPS) is 11.4. The van der Waals surface area contributed by atoms with Crippen LogP contribution in [0.1, 0.15) is 22.8 Å². The Bertz CT molecular complexity index is 1260. The van der Waals surface area contributed by atoms with Crippen molar-refractivity contribution in [2.24, 2.45) is 0 Å². The molecular weight excluding hydrogens is 372 g/mol. The van der Waals surface area contributed by atoms with Crippen LogP contribution in [0.3, 0.4) is 0 Å². The van der Waals surface area contributed by atoms with Crippen LogP contribution in [-0.2, 0) is 13.1 Å². The molecule has 0 aliphatic rings. The molecule has 5 nitrogen and oxygen atoms in total. The Hall–Kier alpha value is -3.60. The van der Waals surface area contributed by atoms with Gasteiger partial charge in [-0.1, -0.05) is 42.5 Å². The summed E-state index contributed by atoms with van der Waals surface area (Å²) in [6, 6.07) is 22.9. The smallest absolute Gasteiger partial charge is 0.128 e. The van der Waals surface area contributed by atoms with Gasteiger partial charge >= 0.3 is 0 Å². The van der Waals surface area contributed by atoms with Crippen molar-refractivity contribution in [3.05, 3.63) is 89.5 Å². The molecule has 0 bridgehead atoms. The van der Waals surface area contributed by atoms with E-state index in [2.05, 4.69) is 77.6 Å². The largest absolute Gasteiger partial charge is 0.496 e. The third kappa shape index (κ3) is 3.03. The SMILES string of the molecule is COc1c(Cn2c(C)nc3ccccc32)cccc1Cn1c(C)nc2ccccc21. The molecule has 0 saturated carbocycles. The predicted octanol–water partition coefficient (Wildman–Crippen LogP) is 5.11. The first-order valence-corrected chi connectivity index (χ1v) is 10.1. The number of hydrogen-bond acceptors (Lipinski definition) is 3. The Balaban J connectivity index is 1.56. The Morgan fingerprint density at radius 3 is 1.60 bits per heavy atom. The highest BCUT2D eigenvalue weighted by Crippen LogP contribution is 2.29. The number of rotatable bonds is 5. The molecule has 2 heterocycles. The fourth-order valence-electron chi connectivity index (χ4n) is 4.28. The van der Waals surface area contributed by atoms with Gasteiger partial charge in [0.05, 0.1) is 42.3 Å². The minimum atomic E-state index is 0.715. The van der Waals surface area contributed by atoms with Crippen LogP contribution in [0, 0.1) is 13.8 Å². The van der Waals surface area contributed by atoms with E-state index < -0.39 is 0 Å². The number of imidazole rings is 2. The standard InChI is InChI=1S/C25H24N4O/c1-17-26-21-11-4-6-13-23(21)28(17)15-19-9-8-10-20(25(19)30-3)16-29-18(2)27-22-12-5-7-14-24(22)29/h4-14H,15-16H2,1-3H3. The first-order chi connectivity index (χ1) is 14.7. The minimum absolute atomic E-state index is 0.715. The Morgan fingerprint density at radius 2 is 1.13 bits per heavy atom. The Morgan fingerprint density at radius 1 is 0.667 bits per heavy atom. The van der Waals surface area contributed by atoms with Crippen LogP contribution in [-0.4, -0.2) is 26.2 Å². The van der Waals surface area contributed by atoms with Crippen LogP contribution in [0.5, 0.6) is 5.75 Å². The number of aryl methyl sites for hydroxylation is 2. The van der Waals surface area contributed by atoms with Crippen LogP contribution in [0.25, 0.3) is 22.1 Å². The van der Waals surface area contributed by atoms with Gasteiger partial charge in [-0.05, 0) is 38.1 Å². The number of nitrogens with zero attached hydrogens (tertiary/aromatic N) is 4. The zero-order chi connectivity index (χ0) is 20.7. The van der Waals surface area contributed by atoms with Crippen LogP contribution in [0.4, 0.5) is 0 Å². The predicted molar refractivity (Wildman–Crippen MR) is 120 cm³/mol. The molecule has 0 aliphatic heterocycles. The van der Waals surface area contributed by atoms with Crippen molar-refractivity contribution in [1.29, 1.82) is 0 Å². The molecule has 0 radical (unpaired) electrons. The van der Waals surface area contributed by atoms with Gasteiger partial charge in [0, 0.05) is 11.1 Å². The molecule has 0 atom stereocenters. The Kier molecular flexibility index (Phi) is 4.51. The van der Waals surface area contributed by atoms with E-state index >= 15 is 0 Å². The van der Waals surface area contributed by atoms with Crippen LogP contribution >= 0.6 is 0 Å². The first kappa shape index (κ1) is 18.4. The molecule has 0 unspecified atom stereocenters. The molecule has 2 aromatic heterocycles. The summed E-state index contributed by atoms with van der Waals surface area (Å²) in [6.45, 7) is 5.54. The number of para-hydroxylation sites is 5. The number of benzene rings is 3. The van der Waals surface area contributed by atoms with Crippen molar-refractivity contribution in [1.82, 2.24) is 19.1 Å². The van der Waals surface area contributed by atoms with E-state index in [4.69, 9.17) is 14.7 Å². The van der Waals surface area contributed by atoms with E-state index in [1.54, 1.807) is 7.11 Å². The fourth-order valence-corrected chi connectivity index (χ4v) is 4.28. The lowest BCUT2D eigenvalue weighted by molar-refractivity contribution is 0.402. The maximum Gasteiger partial charge on any atom is 0.128 e. The van der Waals surface area contributed by atoms with Crippen molar-refractivity contribution in [3.8, 4) is 5.75 Å². The molecule has 0 fully saturated rings. The summed E-state index contributed by atoms with van der Waals surface area (Å²) in [7, 11) is 1.75. The molecule has 5 rings (SSSR count). The zero-order valence-corrected chi connectivity index (χ0v) is 17.5. The zero-order valence-electron chi connectivity index (χ0n) is 17.5. The summed E-state index contributed by atoms with van der Waals surface area (Å²) in [5.41, 5.74) is 6.60. The molecule has 0 N–H and O–H groups in total. The molecular formula is C25H24N4O. The monoisotopic (exact) mass is 396 g/mol. The molecule has 3 aromatic carbocycles. The summed E-state index contributed by atoms with van der Waals surface area (Å²) < 4.78 is 10.4. The summed E-state index contributed by atoms with van der Waals surface area (Å²) >= 11 is 0. The minimum Gasteiger partial charge on any atom is -0.496 e. The number of methoxy groups -OCH3 is 1. The summed E-state index contributed by atoms with van der Waals surface area (Å²) in [5, 5.41) is 0. The Labute approximate surface area is 175 Å². The van der Waals surface area contributed by atoms with Gasteiger partial charge in [0.15, 0.2) is 0 Å². The molecule has 0 spiro atoms. The van der Waals surface area contributed by atoms with Crippen LogP contribution in [0.15, 0.2) is 66.7 Å². The lowest BCUT2D eigenvalue weighted by atomic mass is 10.1. The van der Waals surface area contributed by atoms with Gasteiger partial charge in [-0.25, -0.2) is 9.97 Å². The molecule has 0 saturated heterocycles. The lowest BCUT2D eigenvalue weighted by Crippen LogP contribution is -2.08. The van der Waals surface area contributed by atoms with Crippen molar-refractivity contribution in [2.45, 2.75) is 26.9 Å². The fraction of sp³-hybridized carbons (Fsp3) is 0.200.